The minimum absolute atomic E-state index is 0.0942. The number of nitrogens with zero attached hydrogens (tertiary/aromatic N) is 2. The SMILES string of the molecule is NC1(c2nc(-c3ccc([N+](=O)[O-])cc3)cs2)CCCCC1. The Balaban J connectivity index is 1.85. The zero-order valence-corrected chi connectivity index (χ0v) is 12.4. The molecule has 1 aromatic heterocycles. The fraction of sp³-hybridized carbons (Fsp3) is 0.400. The van der Waals surface area contributed by atoms with Crippen LogP contribution in [-0.4, -0.2) is 9.91 Å². The van der Waals surface area contributed by atoms with Gasteiger partial charge in [-0.2, -0.15) is 0 Å². The molecule has 1 heterocycles. The molecular weight excluding hydrogens is 286 g/mol. The lowest BCUT2D eigenvalue weighted by atomic mass is 9.83. The molecule has 0 spiro atoms. The Bertz CT molecular complexity index is 645. The molecule has 1 saturated carbocycles. The van der Waals surface area contributed by atoms with Gasteiger partial charge >= 0.3 is 0 Å². The molecule has 2 N–H and O–H groups in total. The van der Waals surface area contributed by atoms with Crippen molar-refractivity contribution in [3.05, 3.63) is 44.8 Å². The van der Waals surface area contributed by atoms with Crippen LogP contribution in [0, 0.1) is 10.1 Å². The zero-order valence-electron chi connectivity index (χ0n) is 11.6. The predicted octanol–water partition coefficient (Wildman–Crippen LogP) is 3.84. The molecule has 0 aliphatic heterocycles. The van der Waals surface area contributed by atoms with E-state index in [1.807, 2.05) is 5.38 Å². The molecule has 0 radical (unpaired) electrons. The van der Waals surface area contributed by atoms with E-state index in [9.17, 15) is 10.1 Å². The first-order chi connectivity index (χ1) is 10.1. The van der Waals surface area contributed by atoms with E-state index in [-0.39, 0.29) is 11.2 Å². The molecule has 0 bridgehead atoms. The van der Waals surface area contributed by atoms with Crippen LogP contribution in [-0.2, 0) is 5.54 Å². The summed E-state index contributed by atoms with van der Waals surface area (Å²) >= 11 is 1.59. The Morgan fingerprint density at radius 3 is 2.48 bits per heavy atom. The summed E-state index contributed by atoms with van der Waals surface area (Å²) in [5.74, 6) is 0. The van der Waals surface area contributed by atoms with Gasteiger partial charge in [0, 0.05) is 23.1 Å². The van der Waals surface area contributed by atoms with Crippen molar-refractivity contribution in [1.82, 2.24) is 4.98 Å². The predicted molar refractivity (Wildman–Crippen MR) is 83.2 cm³/mol. The molecule has 0 unspecified atom stereocenters. The maximum atomic E-state index is 10.7. The highest BCUT2D eigenvalue weighted by Crippen LogP contribution is 2.37. The van der Waals surface area contributed by atoms with Crippen LogP contribution in [0.4, 0.5) is 5.69 Å². The summed E-state index contributed by atoms with van der Waals surface area (Å²) in [4.78, 5) is 15.0. The molecule has 0 saturated heterocycles. The molecule has 2 aromatic rings. The summed E-state index contributed by atoms with van der Waals surface area (Å²) < 4.78 is 0. The third kappa shape index (κ3) is 2.82. The molecule has 110 valence electrons. The van der Waals surface area contributed by atoms with Crippen LogP contribution >= 0.6 is 11.3 Å². The highest BCUT2D eigenvalue weighted by molar-refractivity contribution is 7.10. The smallest absolute Gasteiger partial charge is 0.269 e. The summed E-state index contributed by atoms with van der Waals surface area (Å²) in [6.45, 7) is 0. The Morgan fingerprint density at radius 2 is 1.86 bits per heavy atom. The van der Waals surface area contributed by atoms with E-state index >= 15 is 0 Å². The van der Waals surface area contributed by atoms with Gasteiger partial charge in [0.25, 0.3) is 5.69 Å². The number of rotatable bonds is 3. The van der Waals surface area contributed by atoms with E-state index in [1.165, 1.54) is 18.6 Å². The van der Waals surface area contributed by atoms with Crippen LogP contribution in [0.5, 0.6) is 0 Å². The lowest BCUT2D eigenvalue weighted by Gasteiger charge is -2.31. The largest absolute Gasteiger partial charge is 0.319 e. The van der Waals surface area contributed by atoms with E-state index in [1.54, 1.807) is 23.5 Å². The lowest BCUT2D eigenvalue weighted by molar-refractivity contribution is -0.384. The summed E-state index contributed by atoms with van der Waals surface area (Å²) in [6.07, 6.45) is 5.53. The Kier molecular flexibility index (Phi) is 3.73. The molecule has 1 aromatic carbocycles. The Morgan fingerprint density at radius 1 is 1.19 bits per heavy atom. The van der Waals surface area contributed by atoms with Crippen LogP contribution in [0.1, 0.15) is 37.1 Å². The molecule has 0 atom stereocenters. The third-order valence-electron chi connectivity index (χ3n) is 4.05. The number of aromatic nitrogens is 1. The average Bonchev–Trinajstić information content (AvgIpc) is 2.99. The fourth-order valence-electron chi connectivity index (χ4n) is 2.79. The number of nitrogens with two attached hydrogens (primary N) is 1. The molecule has 1 aliphatic rings. The zero-order chi connectivity index (χ0) is 14.9. The summed E-state index contributed by atoms with van der Waals surface area (Å²) in [5.41, 5.74) is 8.04. The molecule has 1 fully saturated rings. The first-order valence-electron chi connectivity index (χ1n) is 7.08. The van der Waals surface area contributed by atoms with E-state index in [4.69, 9.17) is 5.73 Å². The summed E-state index contributed by atoms with van der Waals surface area (Å²) in [5, 5.41) is 13.6. The van der Waals surface area contributed by atoms with Crippen LogP contribution in [0.25, 0.3) is 11.3 Å². The Labute approximate surface area is 127 Å². The topological polar surface area (TPSA) is 82.0 Å². The van der Waals surface area contributed by atoms with Crippen molar-refractivity contribution in [1.29, 1.82) is 0 Å². The van der Waals surface area contributed by atoms with Crippen LogP contribution in [0.3, 0.4) is 0 Å². The molecular formula is C15H17N3O2S. The van der Waals surface area contributed by atoms with Crippen LogP contribution in [0.15, 0.2) is 29.6 Å². The van der Waals surface area contributed by atoms with Crippen molar-refractivity contribution in [3.8, 4) is 11.3 Å². The van der Waals surface area contributed by atoms with Crippen LogP contribution in [0.2, 0.25) is 0 Å². The first kappa shape index (κ1) is 14.2. The molecule has 5 nitrogen and oxygen atoms in total. The molecule has 1 aliphatic carbocycles. The monoisotopic (exact) mass is 303 g/mol. The van der Waals surface area contributed by atoms with E-state index in [0.717, 1.165) is 41.9 Å². The van der Waals surface area contributed by atoms with Gasteiger partial charge in [0.2, 0.25) is 0 Å². The number of nitro benzene ring substituents is 1. The van der Waals surface area contributed by atoms with Gasteiger partial charge in [0.15, 0.2) is 0 Å². The number of benzene rings is 1. The van der Waals surface area contributed by atoms with Crippen molar-refractivity contribution >= 4 is 17.0 Å². The third-order valence-corrected chi connectivity index (χ3v) is 5.11. The van der Waals surface area contributed by atoms with Gasteiger partial charge in [-0.05, 0) is 25.0 Å². The number of nitro groups is 1. The second-order valence-corrected chi connectivity index (χ2v) is 6.42. The second-order valence-electron chi connectivity index (χ2n) is 5.56. The maximum Gasteiger partial charge on any atom is 0.269 e. The van der Waals surface area contributed by atoms with Gasteiger partial charge in [0.05, 0.1) is 16.2 Å². The number of hydrogen-bond donors (Lipinski definition) is 1. The van der Waals surface area contributed by atoms with Crippen LogP contribution < -0.4 is 5.73 Å². The van der Waals surface area contributed by atoms with Crippen molar-refractivity contribution in [2.24, 2.45) is 5.73 Å². The van der Waals surface area contributed by atoms with E-state index in [0.29, 0.717) is 0 Å². The van der Waals surface area contributed by atoms with Gasteiger partial charge in [-0.1, -0.05) is 19.3 Å². The standard InChI is InChI=1S/C15H17N3O2S/c16-15(8-2-1-3-9-15)14-17-13(10-21-14)11-4-6-12(7-5-11)18(19)20/h4-7,10H,1-3,8-9,16H2. The summed E-state index contributed by atoms with van der Waals surface area (Å²) in [6, 6.07) is 6.49. The number of non-ortho nitro benzene ring substituents is 1. The second kappa shape index (κ2) is 5.54. The first-order valence-corrected chi connectivity index (χ1v) is 7.96. The highest BCUT2D eigenvalue weighted by atomic mass is 32.1. The molecule has 3 rings (SSSR count). The van der Waals surface area contributed by atoms with E-state index in [2.05, 4.69) is 4.98 Å². The van der Waals surface area contributed by atoms with Crippen molar-refractivity contribution < 1.29 is 4.92 Å². The molecule has 6 heteroatoms. The van der Waals surface area contributed by atoms with Gasteiger partial charge in [-0.15, -0.1) is 11.3 Å². The molecule has 21 heavy (non-hydrogen) atoms. The van der Waals surface area contributed by atoms with Gasteiger partial charge in [0.1, 0.15) is 5.01 Å². The minimum atomic E-state index is -0.396. The average molecular weight is 303 g/mol. The minimum Gasteiger partial charge on any atom is -0.319 e. The van der Waals surface area contributed by atoms with Crippen molar-refractivity contribution in [3.63, 3.8) is 0 Å². The van der Waals surface area contributed by atoms with Gasteiger partial charge < -0.3 is 5.73 Å². The van der Waals surface area contributed by atoms with Gasteiger partial charge in [-0.3, -0.25) is 10.1 Å². The highest BCUT2D eigenvalue weighted by Gasteiger charge is 2.32. The quantitative estimate of drug-likeness (QED) is 0.690. The number of hydrogen-bond acceptors (Lipinski definition) is 5. The van der Waals surface area contributed by atoms with Crippen molar-refractivity contribution in [2.45, 2.75) is 37.6 Å². The molecule has 0 amide bonds. The summed E-state index contributed by atoms with van der Waals surface area (Å²) in [7, 11) is 0. The van der Waals surface area contributed by atoms with Crippen molar-refractivity contribution in [2.75, 3.05) is 0 Å². The lowest BCUT2D eigenvalue weighted by Crippen LogP contribution is -2.38. The van der Waals surface area contributed by atoms with Gasteiger partial charge in [-0.25, -0.2) is 4.98 Å². The normalized spacial score (nSPS) is 17.6. The fourth-order valence-corrected chi connectivity index (χ4v) is 3.79. The Hall–Kier alpha value is -1.79. The maximum absolute atomic E-state index is 10.7. The number of thiazole rings is 1. The van der Waals surface area contributed by atoms with E-state index < -0.39 is 4.92 Å².